The Bertz CT molecular complexity index is 516. The average molecular weight is 307 g/mol. The molecule has 1 fully saturated rings. The van der Waals surface area contributed by atoms with Crippen LogP contribution in [0.25, 0.3) is 4.96 Å². The maximum atomic E-state index is 5.85. The molecule has 0 aromatic carbocycles. The van der Waals surface area contributed by atoms with Gasteiger partial charge in [0.15, 0.2) is 4.96 Å². The van der Waals surface area contributed by atoms with Crippen molar-refractivity contribution in [3.8, 4) is 0 Å². The van der Waals surface area contributed by atoms with Crippen molar-refractivity contribution in [3.63, 3.8) is 0 Å². The number of rotatable bonds is 7. The van der Waals surface area contributed by atoms with Crippen LogP contribution < -0.4 is 5.32 Å². The Kier molecular flexibility index (Phi) is 5.27. The van der Waals surface area contributed by atoms with Gasteiger partial charge in [0.2, 0.25) is 0 Å². The lowest BCUT2D eigenvalue weighted by atomic mass is 9.99. The number of thiazole rings is 1. The van der Waals surface area contributed by atoms with Crippen molar-refractivity contribution in [2.75, 3.05) is 13.2 Å². The van der Waals surface area contributed by atoms with Crippen molar-refractivity contribution in [3.05, 3.63) is 23.5 Å². The number of hydrogen-bond acceptors (Lipinski definition) is 4. The highest BCUT2D eigenvalue weighted by molar-refractivity contribution is 7.15. The van der Waals surface area contributed by atoms with Crippen molar-refractivity contribution >= 4 is 16.3 Å². The van der Waals surface area contributed by atoms with Gasteiger partial charge < -0.3 is 10.1 Å². The Balaban J connectivity index is 1.54. The van der Waals surface area contributed by atoms with Crippen LogP contribution in [-0.4, -0.2) is 34.7 Å². The van der Waals surface area contributed by atoms with Crippen LogP contribution in [0, 0.1) is 0 Å². The molecule has 2 aromatic rings. The Hall–Kier alpha value is -0.910. The molecule has 21 heavy (non-hydrogen) atoms. The second-order valence-electron chi connectivity index (χ2n) is 5.85. The second-order valence-corrected chi connectivity index (χ2v) is 6.72. The first-order valence-electron chi connectivity index (χ1n) is 8.11. The third kappa shape index (κ3) is 4.05. The fourth-order valence-electron chi connectivity index (χ4n) is 3.11. The monoisotopic (exact) mass is 307 g/mol. The first kappa shape index (κ1) is 15.0. The molecule has 3 heterocycles. The zero-order chi connectivity index (χ0) is 14.5. The molecule has 0 bridgehead atoms. The minimum atomic E-state index is 0.477. The van der Waals surface area contributed by atoms with Crippen LogP contribution in [-0.2, 0) is 11.2 Å². The molecule has 5 heteroatoms. The summed E-state index contributed by atoms with van der Waals surface area (Å²) in [7, 11) is 0. The summed E-state index contributed by atoms with van der Waals surface area (Å²) < 4.78 is 7.96. The smallest absolute Gasteiger partial charge is 0.193 e. The number of nitrogens with one attached hydrogen (secondary N) is 1. The summed E-state index contributed by atoms with van der Waals surface area (Å²) in [5.41, 5.74) is 1.19. The van der Waals surface area contributed by atoms with Crippen molar-refractivity contribution in [2.24, 2.45) is 0 Å². The summed E-state index contributed by atoms with van der Waals surface area (Å²) in [5, 5.41) is 5.68. The van der Waals surface area contributed by atoms with E-state index in [-0.39, 0.29) is 0 Å². The van der Waals surface area contributed by atoms with Crippen LogP contribution in [0.2, 0.25) is 0 Å². The molecule has 0 radical (unpaired) electrons. The van der Waals surface area contributed by atoms with Crippen molar-refractivity contribution < 1.29 is 4.74 Å². The molecule has 2 atom stereocenters. The third-order valence-corrected chi connectivity index (χ3v) is 4.97. The van der Waals surface area contributed by atoms with Crippen LogP contribution >= 0.6 is 11.3 Å². The highest BCUT2D eigenvalue weighted by Crippen LogP contribution is 2.19. The van der Waals surface area contributed by atoms with Gasteiger partial charge in [0.05, 0.1) is 11.8 Å². The molecule has 1 saturated heterocycles. The van der Waals surface area contributed by atoms with E-state index in [0.717, 1.165) is 24.5 Å². The second kappa shape index (κ2) is 7.38. The van der Waals surface area contributed by atoms with Crippen LogP contribution in [0.3, 0.4) is 0 Å². The summed E-state index contributed by atoms with van der Waals surface area (Å²) in [6.45, 7) is 4.14. The molecule has 2 unspecified atom stereocenters. The zero-order valence-electron chi connectivity index (χ0n) is 12.8. The van der Waals surface area contributed by atoms with Gasteiger partial charge in [-0.3, -0.25) is 4.40 Å². The van der Waals surface area contributed by atoms with E-state index < -0.39 is 0 Å². The van der Waals surface area contributed by atoms with Gasteiger partial charge in [-0.1, -0.05) is 6.92 Å². The maximum Gasteiger partial charge on any atom is 0.193 e. The van der Waals surface area contributed by atoms with E-state index in [1.807, 2.05) is 0 Å². The number of imidazole rings is 1. The van der Waals surface area contributed by atoms with E-state index in [1.165, 1.54) is 37.8 Å². The molecule has 0 amide bonds. The number of likely N-dealkylation sites (N-methyl/N-ethyl adjacent to an activating group) is 1. The third-order valence-electron chi connectivity index (χ3n) is 4.20. The molecule has 1 N–H and O–H groups in total. The number of hydrogen-bond donors (Lipinski definition) is 1. The molecule has 116 valence electrons. The lowest BCUT2D eigenvalue weighted by Crippen LogP contribution is -2.32. The standard InChI is InChI=1S/C16H25N3OS/c1-2-17-13(6-7-15-5-3-4-9-20-15)11-14-12-19-8-10-21-16(19)18-14/h8,10,12-13,15,17H,2-7,9,11H2,1H3. The highest BCUT2D eigenvalue weighted by Gasteiger charge is 2.17. The van der Waals surface area contributed by atoms with Crippen LogP contribution in [0.15, 0.2) is 17.8 Å². The molecule has 2 aromatic heterocycles. The highest BCUT2D eigenvalue weighted by atomic mass is 32.1. The van der Waals surface area contributed by atoms with Gasteiger partial charge in [0.1, 0.15) is 0 Å². The van der Waals surface area contributed by atoms with Gasteiger partial charge in [0, 0.05) is 36.8 Å². The quantitative estimate of drug-likeness (QED) is 0.853. The molecular weight excluding hydrogens is 282 g/mol. The van der Waals surface area contributed by atoms with Gasteiger partial charge in [0.25, 0.3) is 0 Å². The fraction of sp³-hybridized carbons (Fsp3) is 0.688. The summed E-state index contributed by atoms with van der Waals surface area (Å²) in [5.74, 6) is 0. The van der Waals surface area contributed by atoms with Crippen LogP contribution in [0.4, 0.5) is 0 Å². The summed E-state index contributed by atoms with van der Waals surface area (Å²) >= 11 is 1.70. The van der Waals surface area contributed by atoms with E-state index in [4.69, 9.17) is 9.72 Å². The Morgan fingerprint density at radius 2 is 2.48 bits per heavy atom. The Labute approximate surface area is 130 Å². The normalized spacial score (nSPS) is 20.9. The molecule has 1 aliphatic heterocycles. The van der Waals surface area contributed by atoms with Gasteiger partial charge in [-0.05, 0) is 38.6 Å². The minimum absolute atomic E-state index is 0.477. The number of ether oxygens (including phenoxy) is 1. The first-order valence-corrected chi connectivity index (χ1v) is 8.99. The van der Waals surface area contributed by atoms with E-state index in [9.17, 15) is 0 Å². The van der Waals surface area contributed by atoms with Crippen molar-refractivity contribution in [1.29, 1.82) is 0 Å². The molecule has 0 aliphatic carbocycles. The number of nitrogens with zero attached hydrogens (tertiary/aromatic N) is 2. The molecule has 4 nitrogen and oxygen atoms in total. The summed E-state index contributed by atoms with van der Waals surface area (Å²) in [6.07, 6.45) is 11.9. The van der Waals surface area contributed by atoms with Crippen LogP contribution in [0.1, 0.15) is 44.7 Å². The fourth-order valence-corrected chi connectivity index (χ4v) is 3.83. The van der Waals surface area contributed by atoms with E-state index in [2.05, 4.69) is 34.4 Å². The van der Waals surface area contributed by atoms with E-state index in [1.54, 1.807) is 11.3 Å². The Morgan fingerprint density at radius 3 is 3.24 bits per heavy atom. The predicted octanol–water partition coefficient (Wildman–Crippen LogP) is 3.27. The summed E-state index contributed by atoms with van der Waals surface area (Å²) in [4.78, 5) is 5.79. The van der Waals surface area contributed by atoms with E-state index >= 15 is 0 Å². The predicted molar refractivity (Wildman–Crippen MR) is 87.1 cm³/mol. The molecule has 0 saturated carbocycles. The maximum absolute atomic E-state index is 5.85. The largest absolute Gasteiger partial charge is 0.378 e. The zero-order valence-corrected chi connectivity index (χ0v) is 13.6. The topological polar surface area (TPSA) is 38.6 Å². The first-order chi connectivity index (χ1) is 10.3. The molecular formula is C16H25N3OS. The average Bonchev–Trinajstić information content (AvgIpc) is 3.07. The summed E-state index contributed by atoms with van der Waals surface area (Å²) in [6, 6.07) is 0.505. The van der Waals surface area contributed by atoms with Gasteiger partial charge >= 0.3 is 0 Å². The van der Waals surface area contributed by atoms with Gasteiger partial charge in [-0.15, -0.1) is 11.3 Å². The molecule has 3 rings (SSSR count). The number of fused-ring (bicyclic) bond motifs is 1. The van der Waals surface area contributed by atoms with Crippen molar-refractivity contribution in [2.45, 2.75) is 57.6 Å². The SMILES string of the molecule is CCNC(CCC1CCCCO1)Cc1cn2ccsc2n1. The Morgan fingerprint density at radius 1 is 1.52 bits per heavy atom. The minimum Gasteiger partial charge on any atom is -0.378 e. The van der Waals surface area contributed by atoms with E-state index in [0.29, 0.717) is 12.1 Å². The molecule has 0 spiro atoms. The lowest BCUT2D eigenvalue weighted by molar-refractivity contribution is 0.00859. The molecule has 1 aliphatic rings. The van der Waals surface area contributed by atoms with Gasteiger partial charge in [-0.25, -0.2) is 4.98 Å². The van der Waals surface area contributed by atoms with Gasteiger partial charge in [-0.2, -0.15) is 0 Å². The number of aromatic nitrogens is 2. The van der Waals surface area contributed by atoms with Crippen LogP contribution in [0.5, 0.6) is 0 Å². The van der Waals surface area contributed by atoms with Crippen molar-refractivity contribution in [1.82, 2.24) is 14.7 Å². The lowest BCUT2D eigenvalue weighted by Gasteiger charge is -2.25.